The number of carbonyl (C=O) groups is 4. The van der Waals surface area contributed by atoms with Crippen molar-refractivity contribution < 1.29 is 33.6 Å². The van der Waals surface area contributed by atoms with Crippen molar-refractivity contribution in [3.05, 3.63) is 75.6 Å². The van der Waals surface area contributed by atoms with Gasteiger partial charge in [0.1, 0.15) is 0 Å². The normalized spacial score (nSPS) is 33.0. The number of aromatic hydroxyl groups is 1. The number of nitro benzene ring substituents is 1. The standard InChI is InChI=1S/C27H20Cl2FN3O7/c1-31-24(37)26(28)11-17-14(20(27(26,29)25(31)38)16-6-3-7-18(30)21(16)34)8-9-15-19(17)23(36)32(22(15)35)12-4-2-5-13(10-12)33(39)40/h2-8,10,15,17,19-20,34H,9,11H2,1H3/t15-,17+,19-,20+,26+,27-/m0/s1. The number of likely N-dealkylation sites (tertiary alicyclic amines) is 1. The molecule has 3 fully saturated rings. The number of amides is 4. The van der Waals surface area contributed by atoms with Gasteiger partial charge in [-0.3, -0.25) is 34.2 Å². The van der Waals surface area contributed by atoms with Crippen LogP contribution in [0.2, 0.25) is 0 Å². The van der Waals surface area contributed by atoms with Gasteiger partial charge in [0.15, 0.2) is 21.3 Å². The summed E-state index contributed by atoms with van der Waals surface area (Å²) in [7, 11) is 1.22. The molecule has 0 unspecified atom stereocenters. The fourth-order valence-corrected chi connectivity index (χ4v) is 7.87. The monoisotopic (exact) mass is 587 g/mol. The van der Waals surface area contributed by atoms with Crippen molar-refractivity contribution >= 4 is 58.2 Å². The van der Waals surface area contributed by atoms with E-state index in [-0.39, 0.29) is 29.8 Å². The third kappa shape index (κ3) is 3.15. The van der Waals surface area contributed by atoms with E-state index in [1.54, 1.807) is 6.08 Å². The maximum atomic E-state index is 14.6. The molecule has 2 heterocycles. The van der Waals surface area contributed by atoms with Crippen LogP contribution in [0.25, 0.3) is 0 Å². The molecular formula is C27H20Cl2FN3O7. The number of para-hydroxylation sites is 1. The molecule has 13 heteroatoms. The molecule has 0 aromatic heterocycles. The number of allylic oxidation sites excluding steroid dienone is 2. The number of nitro groups is 1. The fourth-order valence-electron chi connectivity index (χ4n) is 6.85. The number of hydrogen-bond donors (Lipinski definition) is 1. The van der Waals surface area contributed by atoms with Crippen LogP contribution in [0.15, 0.2) is 54.1 Å². The van der Waals surface area contributed by atoms with E-state index in [0.29, 0.717) is 5.57 Å². The van der Waals surface area contributed by atoms with Gasteiger partial charge in [0.25, 0.3) is 17.5 Å². The summed E-state index contributed by atoms with van der Waals surface area (Å²) in [5.74, 6) is -8.77. The van der Waals surface area contributed by atoms with Gasteiger partial charge in [-0.1, -0.05) is 29.8 Å². The molecule has 6 rings (SSSR count). The number of halogens is 3. The highest BCUT2D eigenvalue weighted by Gasteiger charge is 2.76. The van der Waals surface area contributed by atoms with E-state index in [0.717, 1.165) is 21.9 Å². The highest BCUT2D eigenvalue weighted by molar-refractivity contribution is 6.53. The topological polar surface area (TPSA) is 138 Å². The van der Waals surface area contributed by atoms with Crippen LogP contribution in [0.3, 0.4) is 0 Å². The second-order valence-electron chi connectivity index (χ2n) is 10.5. The number of hydrogen-bond acceptors (Lipinski definition) is 7. The summed E-state index contributed by atoms with van der Waals surface area (Å²) in [6.45, 7) is 0. The second kappa shape index (κ2) is 8.58. The predicted molar refractivity (Wildman–Crippen MR) is 139 cm³/mol. The zero-order chi connectivity index (χ0) is 28.9. The van der Waals surface area contributed by atoms with Gasteiger partial charge in [0.05, 0.1) is 22.4 Å². The Morgan fingerprint density at radius 3 is 2.45 bits per heavy atom. The van der Waals surface area contributed by atoms with Crippen molar-refractivity contribution in [2.75, 3.05) is 11.9 Å². The minimum absolute atomic E-state index is 0.0226. The molecule has 206 valence electrons. The van der Waals surface area contributed by atoms with Gasteiger partial charge in [0.2, 0.25) is 11.8 Å². The summed E-state index contributed by atoms with van der Waals surface area (Å²) in [4.78, 5) is 62.4. The molecule has 40 heavy (non-hydrogen) atoms. The van der Waals surface area contributed by atoms with Crippen molar-refractivity contribution in [3.63, 3.8) is 0 Å². The molecule has 2 saturated heterocycles. The first-order chi connectivity index (χ1) is 18.8. The molecule has 2 aromatic carbocycles. The zero-order valence-electron chi connectivity index (χ0n) is 20.7. The Hall–Kier alpha value is -3.83. The number of non-ortho nitro benzene ring substituents is 1. The molecule has 4 amide bonds. The lowest BCUT2D eigenvalue weighted by Crippen LogP contribution is -2.60. The number of anilines is 1. The van der Waals surface area contributed by atoms with E-state index in [2.05, 4.69) is 0 Å². The van der Waals surface area contributed by atoms with E-state index in [4.69, 9.17) is 23.2 Å². The maximum absolute atomic E-state index is 14.6. The van der Waals surface area contributed by atoms with Crippen LogP contribution < -0.4 is 4.90 Å². The lowest BCUT2D eigenvalue weighted by Gasteiger charge is -2.50. The van der Waals surface area contributed by atoms with Crippen molar-refractivity contribution in [3.8, 4) is 5.75 Å². The van der Waals surface area contributed by atoms with Gasteiger partial charge in [-0.05, 0) is 30.9 Å². The number of fused-ring (bicyclic) bond motifs is 4. The number of imide groups is 2. The van der Waals surface area contributed by atoms with E-state index >= 15 is 0 Å². The highest BCUT2D eigenvalue weighted by atomic mass is 35.5. The minimum Gasteiger partial charge on any atom is -0.505 e. The van der Waals surface area contributed by atoms with Crippen LogP contribution in [0.1, 0.15) is 24.3 Å². The Kier molecular flexibility index (Phi) is 5.66. The first-order valence-corrected chi connectivity index (χ1v) is 13.1. The van der Waals surface area contributed by atoms with Gasteiger partial charge >= 0.3 is 0 Å². The van der Waals surface area contributed by atoms with Gasteiger partial charge in [-0.25, -0.2) is 9.29 Å². The van der Waals surface area contributed by atoms with Gasteiger partial charge in [0, 0.05) is 30.7 Å². The van der Waals surface area contributed by atoms with Crippen LogP contribution in [-0.4, -0.2) is 55.4 Å². The van der Waals surface area contributed by atoms with Crippen molar-refractivity contribution in [1.29, 1.82) is 0 Å². The summed E-state index contributed by atoms with van der Waals surface area (Å²) in [5, 5.41) is 22.0. The number of alkyl halides is 2. The Morgan fingerprint density at radius 2 is 1.75 bits per heavy atom. The fraction of sp³-hybridized carbons (Fsp3) is 0.333. The molecule has 2 aliphatic heterocycles. The Bertz CT molecular complexity index is 1600. The number of phenols is 1. The molecule has 10 nitrogen and oxygen atoms in total. The lowest BCUT2D eigenvalue weighted by atomic mass is 9.56. The number of benzene rings is 2. The molecular weight excluding hydrogens is 568 g/mol. The van der Waals surface area contributed by atoms with Gasteiger partial charge in [-0.2, -0.15) is 0 Å². The highest BCUT2D eigenvalue weighted by Crippen LogP contribution is 2.66. The van der Waals surface area contributed by atoms with E-state index in [1.165, 1.54) is 37.4 Å². The summed E-state index contributed by atoms with van der Waals surface area (Å²) in [6, 6.07) is 8.82. The summed E-state index contributed by atoms with van der Waals surface area (Å²) >= 11 is 14.0. The first-order valence-electron chi connectivity index (χ1n) is 12.3. The van der Waals surface area contributed by atoms with Crippen LogP contribution in [0.4, 0.5) is 15.8 Å². The molecule has 2 aliphatic carbocycles. The number of phenolic OH excluding ortho intramolecular Hbond substituents is 1. The average molecular weight is 588 g/mol. The van der Waals surface area contributed by atoms with Gasteiger partial charge in [-0.15, -0.1) is 23.2 Å². The number of rotatable bonds is 3. The van der Waals surface area contributed by atoms with E-state index < -0.39 is 73.5 Å². The van der Waals surface area contributed by atoms with Crippen molar-refractivity contribution in [1.82, 2.24) is 4.90 Å². The molecule has 6 atom stereocenters. The molecule has 4 aliphatic rings. The smallest absolute Gasteiger partial charge is 0.271 e. The van der Waals surface area contributed by atoms with E-state index in [1.807, 2.05) is 0 Å². The maximum Gasteiger partial charge on any atom is 0.271 e. The number of nitrogens with zero attached hydrogens (tertiary/aromatic N) is 3. The molecule has 1 N–H and O–H groups in total. The Labute approximate surface area is 236 Å². The molecule has 0 radical (unpaired) electrons. The van der Waals surface area contributed by atoms with Crippen LogP contribution in [0, 0.1) is 33.7 Å². The Morgan fingerprint density at radius 1 is 1.05 bits per heavy atom. The minimum atomic E-state index is -2.16. The molecule has 2 aromatic rings. The molecule has 1 saturated carbocycles. The average Bonchev–Trinajstić information content (AvgIpc) is 3.25. The summed E-state index contributed by atoms with van der Waals surface area (Å²) < 4.78 is 14.6. The Balaban J connectivity index is 1.52. The quantitative estimate of drug-likeness (QED) is 0.190. The van der Waals surface area contributed by atoms with E-state index in [9.17, 15) is 38.8 Å². The van der Waals surface area contributed by atoms with Crippen molar-refractivity contribution in [2.45, 2.75) is 28.5 Å². The second-order valence-corrected chi connectivity index (χ2v) is 11.7. The predicted octanol–water partition coefficient (Wildman–Crippen LogP) is 3.63. The van der Waals surface area contributed by atoms with Crippen LogP contribution >= 0.6 is 23.2 Å². The first kappa shape index (κ1) is 26.4. The van der Waals surface area contributed by atoms with Crippen molar-refractivity contribution in [2.24, 2.45) is 17.8 Å². The SMILES string of the molecule is CN1C(=O)[C@]2(Cl)C[C@@H]3C(=CC[C@@H]4C(=O)N(c5cccc([N+](=O)[O-])c5)C(=O)[C@@H]43)[C@H](c3cccc(F)c3O)[C@]2(Cl)C1=O. The third-order valence-corrected chi connectivity index (χ3v) is 10.1. The van der Waals surface area contributed by atoms with Gasteiger partial charge < -0.3 is 5.11 Å². The summed E-state index contributed by atoms with van der Waals surface area (Å²) in [5.41, 5.74) is 0.00959. The lowest BCUT2D eigenvalue weighted by molar-refractivity contribution is -0.384. The molecule has 0 spiro atoms. The third-order valence-electron chi connectivity index (χ3n) is 8.64. The zero-order valence-corrected chi connectivity index (χ0v) is 22.2. The molecule has 0 bridgehead atoms. The van der Waals surface area contributed by atoms with Crippen LogP contribution in [-0.2, 0) is 19.2 Å². The summed E-state index contributed by atoms with van der Waals surface area (Å²) in [6.07, 6.45) is 1.40. The largest absolute Gasteiger partial charge is 0.505 e. The van der Waals surface area contributed by atoms with Crippen LogP contribution in [0.5, 0.6) is 5.75 Å². The number of carbonyl (C=O) groups excluding carboxylic acids is 4.